The quantitative estimate of drug-likeness (QED) is 0.373. The molecule has 0 fully saturated rings. The van der Waals surface area contributed by atoms with E-state index in [-0.39, 0.29) is 30.1 Å². The predicted molar refractivity (Wildman–Crippen MR) is 130 cm³/mol. The van der Waals surface area contributed by atoms with Crippen LogP contribution in [0.3, 0.4) is 0 Å². The average Bonchev–Trinajstić information content (AvgIpc) is 2.98. The molecule has 0 aliphatic heterocycles. The van der Waals surface area contributed by atoms with Gasteiger partial charge in [-0.1, -0.05) is 47.5 Å². The lowest BCUT2D eigenvalue weighted by Gasteiger charge is -2.25. The molecule has 1 N–H and O–H groups in total. The SMILES string of the molecule is Cc1c(-c2ccc(Cl)cc2)c(OC(=O)N(C)CC(C)(C)O)n(Cc2cccc(Cl)c2)c1C(F)(F)F. The molecule has 3 aromatic rings. The van der Waals surface area contributed by atoms with Crippen LogP contribution in [0.1, 0.15) is 30.7 Å². The Morgan fingerprint density at radius 1 is 1.09 bits per heavy atom. The standard InChI is InChI=1S/C25H25Cl2F3N2O3/c1-15-20(17-8-10-18(26)11-9-17)22(35-23(33)31(4)14-24(2,3)34)32(21(15)25(28,29)30)13-16-6-5-7-19(27)12-16/h5-12,34H,13-14H2,1-4H3. The van der Waals surface area contributed by atoms with Crippen LogP contribution in [-0.4, -0.2) is 39.9 Å². The van der Waals surface area contributed by atoms with Gasteiger partial charge in [0.05, 0.1) is 18.7 Å². The molecule has 0 atom stereocenters. The van der Waals surface area contributed by atoms with Gasteiger partial charge in [-0.3, -0.25) is 0 Å². The van der Waals surface area contributed by atoms with E-state index >= 15 is 0 Å². The minimum atomic E-state index is -4.74. The van der Waals surface area contributed by atoms with Gasteiger partial charge in [0.15, 0.2) is 0 Å². The fraction of sp³-hybridized carbons (Fsp3) is 0.320. The van der Waals surface area contributed by atoms with E-state index in [0.717, 1.165) is 9.47 Å². The van der Waals surface area contributed by atoms with Crippen LogP contribution < -0.4 is 4.74 Å². The van der Waals surface area contributed by atoms with Crippen molar-refractivity contribution in [1.29, 1.82) is 0 Å². The number of aromatic nitrogens is 1. The Morgan fingerprint density at radius 3 is 2.26 bits per heavy atom. The summed E-state index contributed by atoms with van der Waals surface area (Å²) in [6, 6.07) is 12.6. The molecule has 0 saturated carbocycles. The van der Waals surface area contributed by atoms with Crippen LogP contribution in [-0.2, 0) is 12.7 Å². The third kappa shape index (κ3) is 6.51. The number of benzene rings is 2. The van der Waals surface area contributed by atoms with Crippen molar-refractivity contribution in [3.63, 3.8) is 0 Å². The molecule has 5 nitrogen and oxygen atoms in total. The molecule has 0 saturated heterocycles. The molecular formula is C25H25Cl2F3N2O3. The molecule has 0 spiro atoms. The van der Waals surface area contributed by atoms with Crippen molar-refractivity contribution in [1.82, 2.24) is 9.47 Å². The minimum Gasteiger partial charge on any atom is -0.392 e. The van der Waals surface area contributed by atoms with Crippen LogP contribution in [0.4, 0.5) is 18.0 Å². The number of likely N-dealkylation sites (N-methyl/N-ethyl adjacent to an activating group) is 1. The van der Waals surface area contributed by atoms with Gasteiger partial charge in [-0.15, -0.1) is 0 Å². The molecule has 0 unspecified atom stereocenters. The summed E-state index contributed by atoms with van der Waals surface area (Å²) in [5, 5.41) is 10.8. The predicted octanol–water partition coefficient (Wildman–Crippen LogP) is 7.04. The zero-order chi connectivity index (χ0) is 26.1. The summed E-state index contributed by atoms with van der Waals surface area (Å²) in [5.41, 5.74) is -1.29. The molecule has 1 aromatic heterocycles. The highest BCUT2D eigenvalue weighted by Crippen LogP contribution is 2.45. The van der Waals surface area contributed by atoms with Crippen LogP contribution in [0.5, 0.6) is 5.88 Å². The third-order valence-corrected chi connectivity index (χ3v) is 5.70. The minimum absolute atomic E-state index is 0.0950. The normalized spacial score (nSPS) is 12.1. The first-order valence-electron chi connectivity index (χ1n) is 10.6. The van der Waals surface area contributed by atoms with Gasteiger partial charge in [-0.05, 0) is 61.7 Å². The highest BCUT2D eigenvalue weighted by atomic mass is 35.5. The Morgan fingerprint density at radius 2 is 1.71 bits per heavy atom. The molecular weight excluding hydrogens is 504 g/mol. The van der Waals surface area contributed by atoms with E-state index in [0.29, 0.717) is 21.2 Å². The van der Waals surface area contributed by atoms with Crippen LogP contribution in [0.2, 0.25) is 10.0 Å². The number of aliphatic hydroxyl groups is 1. The fourth-order valence-corrected chi connectivity index (χ4v) is 4.26. The molecule has 1 amide bonds. The van der Waals surface area contributed by atoms with Crippen molar-refractivity contribution < 1.29 is 27.8 Å². The van der Waals surface area contributed by atoms with E-state index in [1.54, 1.807) is 48.5 Å². The van der Waals surface area contributed by atoms with Crippen LogP contribution in [0, 0.1) is 6.92 Å². The van der Waals surface area contributed by atoms with Gasteiger partial charge in [-0.2, -0.15) is 13.2 Å². The van der Waals surface area contributed by atoms with E-state index in [9.17, 15) is 23.1 Å². The highest BCUT2D eigenvalue weighted by Gasteiger charge is 2.41. The maximum Gasteiger partial charge on any atom is 0.431 e. The maximum absolute atomic E-state index is 14.3. The maximum atomic E-state index is 14.3. The number of hydrogen-bond donors (Lipinski definition) is 1. The van der Waals surface area contributed by atoms with E-state index in [2.05, 4.69) is 0 Å². The lowest BCUT2D eigenvalue weighted by Crippen LogP contribution is -2.41. The van der Waals surface area contributed by atoms with E-state index in [1.807, 2.05) is 0 Å². The monoisotopic (exact) mass is 528 g/mol. The second-order valence-corrected chi connectivity index (χ2v) is 9.78. The van der Waals surface area contributed by atoms with E-state index in [1.165, 1.54) is 27.8 Å². The number of alkyl halides is 3. The largest absolute Gasteiger partial charge is 0.431 e. The summed E-state index contributed by atoms with van der Waals surface area (Å²) in [5.74, 6) is -0.273. The second kappa shape index (κ2) is 10.1. The molecule has 188 valence electrons. The number of nitrogens with zero attached hydrogens (tertiary/aromatic N) is 2. The van der Waals surface area contributed by atoms with Crippen molar-refractivity contribution >= 4 is 29.3 Å². The Bertz CT molecular complexity index is 1220. The summed E-state index contributed by atoms with van der Waals surface area (Å²) in [7, 11) is 1.39. The Kier molecular flexibility index (Phi) is 7.79. The summed E-state index contributed by atoms with van der Waals surface area (Å²) in [6.45, 7) is 4.00. The lowest BCUT2D eigenvalue weighted by molar-refractivity contribution is -0.144. The van der Waals surface area contributed by atoms with Gasteiger partial charge in [0.2, 0.25) is 5.88 Å². The van der Waals surface area contributed by atoms with Gasteiger partial charge >= 0.3 is 12.3 Å². The zero-order valence-corrected chi connectivity index (χ0v) is 21.1. The van der Waals surface area contributed by atoms with Gasteiger partial charge in [0, 0.05) is 22.7 Å². The number of halogens is 5. The third-order valence-electron chi connectivity index (χ3n) is 5.21. The number of carbonyl (C=O) groups is 1. The zero-order valence-electron chi connectivity index (χ0n) is 19.6. The molecule has 1 heterocycles. The Balaban J connectivity index is 2.23. The van der Waals surface area contributed by atoms with Crippen molar-refractivity contribution in [2.75, 3.05) is 13.6 Å². The topological polar surface area (TPSA) is 54.7 Å². The fourth-order valence-electron chi connectivity index (χ4n) is 3.92. The Labute approximate surface area is 211 Å². The van der Waals surface area contributed by atoms with Gasteiger partial charge < -0.3 is 19.3 Å². The molecule has 35 heavy (non-hydrogen) atoms. The summed E-state index contributed by atoms with van der Waals surface area (Å²) < 4.78 is 49.5. The van der Waals surface area contributed by atoms with E-state index in [4.69, 9.17) is 27.9 Å². The second-order valence-electron chi connectivity index (χ2n) is 8.91. The smallest absolute Gasteiger partial charge is 0.392 e. The first kappa shape index (κ1) is 26.9. The van der Waals surface area contributed by atoms with Crippen LogP contribution >= 0.6 is 23.2 Å². The molecule has 3 rings (SSSR count). The summed E-state index contributed by atoms with van der Waals surface area (Å²) in [4.78, 5) is 14.0. The number of rotatable bonds is 6. The molecule has 0 aliphatic rings. The molecule has 0 bridgehead atoms. The number of hydrogen-bond acceptors (Lipinski definition) is 3. The van der Waals surface area contributed by atoms with Crippen molar-refractivity contribution in [2.24, 2.45) is 0 Å². The van der Waals surface area contributed by atoms with Crippen molar-refractivity contribution in [3.05, 3.63) is 75.4 Å². The highest BCUT2D eigenvalue weighted by molar-refractivity contribution is 6.30. The summed E-state index contributed by atoms with van der Waals surface area (Å²) >= 11 is 12.0. The van der Waals surface area contributed by atoms with Crippen molar-refractivity contribution in [2.45, 2.75) is 39.1 Å². The van der Waals surface area contributed by atoms with Crippen LogP contribution in [0.25, 0.3) is 11.1 Å². The van der Waals surface area contributed by atoms with Gasteiger partial charge in [0.1, 0.15) is 5.69 Å². The van der Waals surface area contributed by atoms with Gasteiger partial charge in [-0.25, -0.2) is 4.79 Å². The van der Waals surface area contributed by atoms with Crippen molar-refractivity contribution in [3.8, 4) is 17.0 Å². The number of amides is 1. The molecule has 0 aliphatic carbocycles. The van der Waals surface area contributed by atoms with E-state index < -0.39 is 23.6 Å². The average molecular weight is 529 g/mol. The number of ether oxygens (including phenoxy) is 1. The summed E-state index contributed by atoms with van der Waals surface area (Å²) in [6.07, 6.45) is -5.66. The molecule has 10 heteroatoms. The van der Waals surface area contributed by atoms with Crippen LogP contribution in [0.15, 0.2) is 48.5 Å². The lowest BCUT2D eigenvalue weighted by atomic mass is 10.0. The van der Waals surface area contributed by atoms with Gasteiger partial charge in [0.25, 0.3) is 0 Å². The molecule has 2 aromatic carbocycles. The Hall–Kier alpha value is -2.68. The number of carbonyl (C=O) groups excluding carboxylic acids is 1. The molecule has 0 radical (unpaired) electrons. The first-order valence-corrected chi connectivity index (χ1v) is 11.4. The first-order chi connectivity index (χ1) is 16.2.